The Morgan fingerprint density at radius 3 is 2.54 bits per heavy atom. The lowest BCUT2D eigenvalue weighted by Gasteiger charge is -2.19. The first-order valence-electron chi connectivity index (χ1n) is 8.46. The third-order valence-corrected chi connectivity index (χ3v) is 4.28. The van der Waals surface area contributed by atoms with Crippen molar-refractivity contribution >= 4 is 16.8 Å². The van der Waals surface area contributed by atoms with Crippen molar-refractivity contribution in [1.82, 2.24) is 9.66 Å². The van der Waals surface area contributed by atoms with E-state index in [0.717, 1.165) is 0 Å². The molecule has 0 fully saturated rings. The van der Waals surface area contributed by atoms with Crippen LogP contribution in [0.15, 0.2) is 53.3 Å². The number of para-hydroxylation sites is 1. The topological polar surface area (TPSA) is 64.0 Å². The van der Waals surface area contributed by atoms with Crippen molar-refractivity contribution in [2.24, 2.45) is 0 Å². The van der Waals surface area contributed by atoms with Gasteiger partial charge in [-0.2, -0.15) is 0 Å². The third-order valence-electron chi connectivity index (χ3n) is 4.28. The van der Waals surface area contributed by atoms with E-state index in [9.17, 15) is 14.0 Å². The van der Waals surface area contributed by atoms with E-state index in [1.165, 1.54) is 16.8 Å². The number of amides is 1. The molecule has 26 heavy (non-hydrogen) atoms. The molecule has 0 aliphatic carbocycles. The fraction of sp³-hybridized carbons (Fsp3) is 0.250. The van der Waals surface area contributed by atoms with Crippen LogP contribution in [0.25, 0.3) is 10.9 Å². The number of rotatable bonds is 4. The molecule has 3 aromatic rings. The molecule has 0 spiro atoms. The van der Waals surface area contributed by atoms with Gasteiger partial charge in [-0.15, -0.1) is 0 Å². The van der Waals surface area contributed by atoms with E-state index in [0.29, 0.717) is 22.3 Å². The second kappa shape index (κ2) is 7.07. The Bertz CT molecular complexity index is 1030. The largest absolute Gasteiger partial charge is 0.280 e. The number of nitrogens with zero attached hydrogens (tertiary/aromatic N) is 2. The number of benzene rings is 2. The van der Waals surface area contributed by atoms with Crippen molar-refractivity contribution in [3.63, 3.8) is 0 Å². The van der Waals surface area contributed by atoms with Crippen LogP contribution in [0.2, 0.25) is 0 Å². The van der Waals surface area contributed by atoms with Crippen LogP contribution in [0.3, 0.4) is 0 Å². The molecule has 5 nitrogen and oxygen atoms in total. The van der Waals surface area contributed by atoms with Crippen molar-refractivity contribution < 1.29 is 9.18 Å². The summed E-state index contributed by atoms with van der Waals surface area (Å²) in [5, 5.41) is 0.426. The van der Waals surface area contributed by atoms with Crippen molar-refractivity contribution in [3.05, 3.63) is 76.1 Å². The van der Waals surface area contributed by atoms with Crippen molar-refractivity contribution in [2.75, 3.05) is 5.43 Å². The molecule has 134 valence electrons. The molecular formula is C20H20FN3O2. The minimum atomic E-state index is -0.621. The Kier molecular flexibility index (Phi) is 4.84. The van der Waals surface area contributed by atoms with Crippen molar-refractivity contribution in [2.45, 2.75) is 32.6 Å². The van der Waals surface area contributed by atoms with Crippen LogP contribution < -0.4 is 11.0 Å². The van der Waals surface area contributed by atoms with Gasteiger partial charge in [-0.05, 0) is 36.8 Å². The summed E-state index contributed by atoms with van der Waals surface area (Å²) >= 11 is 0. The summed E-state index contributed by atoms with van der Waals surface area (Å²) in [4.78, 5) is 30.0. The zero-order valence-electron chi connectivity index (χ0n) is 14.9. The minimum absolute atomic E-state index is 0.0721. The first kappa shape index (κ1) is 17.8. The number of aromatic nitrogens is 2. The Morgan fingerprint density at radius 1 is 1.12 bits per heavy atom. The molecule has 1 N–H and O–H groups in total. The molecule has 2 aromatic carbocycles. The smallest absolute Gasteiger partial charge is 0.273 e. The molecule has 0 saturated heterocycles. The quantitative estimate of drug-likeness (QED) is 0.780. The molecule has 0 saturated carbocycles. The molecule has 1 aromatic heterocycles. The maximum atomic E-state index is 13.4. The van der Waals surface area contributed by atoms with Gasteiger partial charge in [0.2, 0.25) is 5.91 Å². The average molecular weight is 353 g/mol. The maximum Gasteiger partial charge on any atom is 0.280 e. The van der Waals surface area contributed by atoms with Gasteiger partial charge in [0.25, 0.3) is 5.56 Å². The number of hydrogen-bond donors (Lipinski definition) is 1. The molecule has 1 unspecified atom stereocenters. The predicted octanol–water partition coefficient (Wildman–Crippen LogP) is 3.53. The Hall–Kier alpha value is -3.02. The number of halogens is 1. The molecule has 1 amide bonds. The van der Waals surface area contributed by atoms with Crippen LogP contribution in [0.5, 0.6) is 0 Å². The minimum Gasteiger partial charge on any atom is -0.273 e. The van der Waals surface area contributed by atoms with Gasteiger partial charge < -0.3 is 0 Å². The molecule has 0 aliphatic heterocycles. The highest BCUT2D eigenvalue weighted by Gasteiger charge is 2.20. The third kappa shape index (κ3) is 3.35. The fourth-order valence-corrected chi connectivity index (χ4v) is 2.78. The highest BCUT2D eigenvalue weighted by molar-refractivity contribution is 5.90. The van der Waals surface area contributed by atoms with Gasteiger partial charge in [-0.25, -0.2) is 14.1 Å². The van der Waals surface area contributed by atoms with Crippen molar-refractivity contribution in [1.29, 1.82) is 0 Å². The summed E-state index contributed by atoms with van der Waals surface area (Å²) in [6.07, 6.45) is 0. The first-order chi connectivity index (χ1) is 12.4. The average Bonchev–Trinajstić information content (AvgIpc) is 2.63. The lowest BCUT2D eigenvalue weighted by molar-refractivity contribution is -0.118. The van der Waals surface area contributed by atoms with Gasteiger partial charge in [0.05, 0.1) is 16.8 Å². The number of hydrogen-bond acceptors (Lipinski definition) is 3. The van der Waals surface area contributed by atoms with E-state index < -0.39 is 17.6 Å². The number of carbonyl (C=O) groups excluding carboxylic acids is 1. The highest BCUT2D eigenvalue weighted by atomic mass is 19.1. The molecular weight excluding hydrogens is 333 g/mol. The van der Waals surface area contributed by atoms with Crippen LogP contribution in [0.4, 0.5) is 4.39 Å². The normalized spacial score (nSPS) is 12.3. The Balaban J connectivity index is 2.02. The molecule has 1 atom stereocenters. The molecule has 0 aliphatic rings. The summed E-state index contributed by atoms with van der Waals surface area (Å²) < 4.78 is 14.6. The van der Waals surface area contributed by atoms with Gasteiger partial charge in [-0.3, -0.25) is 15.0 Å². The van der Waals surface area contributed by atoms with Crippen molar-refractivity contribution in [3.8, 4) is 0 Å². The van der Waals surface area contributed by atoms with Crippen LogP contribution >= 0.6 is 0 Å². The van der Waals surface area contributed by atoms with E-state index in [1.54, 1.807) is 37.3 Å². The summed E-state index contributed by atoms with van der Waals surface area (Å²) in [5.74, 6) is -1.04. The lowest BCUT2D eigenvalue weighted by atomic mass is 10.0. The fourth-order valence-electron chi connectivity index (χ4n) is 2.78. The first-order valence-corrected chi connectivity index (χ1v) is 8.46. The Labute approximate surface area is 150 Å². The van der Waals surface area contributed by atoms with E-state index in [4.69, 9.17) is 0 Å². The van der Waals surface area contributed by atoms with Gasteiger partial charge in [0, 0.05) is 5.92 Å². The molecule has 3 rings (SSSR count). The summed E-state index contributed by atoms with van der Waals surface area (Å²) in [6.45, 7) is 5.46. The second-order valence-corrected chi connectivity index (χ2v) is 6.54. The predicted molar refractivity (Wildman–Crippen MR) is 99.3 cm³/mol. The summed E-state index contributed by atoms with van der Waals surface area (Å²) in [6, 6.07) is 12.9. The molecule has 6 heteroatoms. The molecule has 1 heterocycles. The molecule has 0 radical (unpaired) electrons. The number of fused-ring (bicyclic) bond motifs is 1. The zero-order valence-corrected chi connectivity index (χ0v) is 14.9. The number of nitrogens with one attached hydrogen (secondary N) is 1. The van der Waals surface area contributed by atoms with E-state index >= 15 is 0 Å². The highest BCUT2D eigenvalue weighted by Crippen LogP contribution is 2.18. The van der Waals surface area contributed by atoms with E-state index in [-0.39, 0.29) is 11.5 Å². The van der Waals surface area contributed by atoms with Crippen LogP contribution in [0, 0.1) is 5.82 Å². The van der Waals surface area contributed by atoms with Crippen LogP contribution in [-0.4, -0.2) is 15.6 Å². The maximum absolute atomic E-state index is 13.4. The Morgan fingerprint density at radius 2 is 1.85 bits per heavy atom. The lowest BCUT2D eigenvalue weighted by Crippen LogP contribution is -2.38. The zero-order chi connectivity index (χ0) is 18.8. The van der Waals surface area contributed by atoms with Gasteiger partial charge in [-0.1, -0.05) is 38.1 Å². The van der Waals surface area contributed by atoms with Gasteiger partial charge >= 0.3 is 0 Å². The standard InChI is InChI=1S/C20H20FN3O2/c1-12(2)18-22-17-10-5-4-9-16(17)20(26)24(18)23-19(25)13(3)14-7-6-8-15(21)11-14/h4-13H,1-3H3,(H,23,25). The SMILES string of the molecule is CC(C)c1nc2ccccc2c(=O)n1NC(=O)C(C)c1cccc(F)c1. The van der Waals surface area contributed by atoms with Crippen LogP contribution in [-0.2, 0) is 4.79 Å². The van der Waals surface area contributed by atoms with Gasteiger partial charge in [0.1, 0.15) is 11.6 Å². The van der Waals surface area contributed by atoms with E-state index in [1.807, 2.05) is 19.9 Å². The van der Waals surface area contributed by atoms with Gasteiger partial charge in [0.15, 0.2) is 0 Å². The second-order valence-electron chi connectivity index (χ2n) is 6.54. The van der Waals surface area contributed by atoms with Crippen LogP contribution in [0.1, 0.15) is 44.0 Å². The summed E-state index contributed by atoms with van der Waals surface area (Å²) in [7, 11) is 0. The molecule has 0 bridgehead atoms. The number of carbonyl (C=O) groups is 1. The monoisotopic (exact) mass is 353 g/mol. The summed E-state index contributed by atoms with van der Waals surface area (Å²) in [5.41, 5.74) is 3.44. The van der Waals surface area contributed by atoms with E-state index in [2.05, 4.69) is 10.4 Å².